The van der Waals surface area contributed by atoms with Gasteiger partial charge in [0.15, 0.2) is 0 Å². The van der Waals surface area contributed by atoms with Crippen LogP contribution in [0.1, 0.15) is 19.4 Å². The van der Waals surface area contributed by atoms with Gasteiger partial charge < -0.3 is 10.5 Å². The fourth-order valence-corrected chi connectivity index (χ4v) is 2.13. The van der Waals surface area contributed by atoms with Crippen molar-refractivity contribution in [1.29, 1.82) is 0 Å². The van der Waals surface area contributed by atoms with Crippen molar-refractivity contribution in [2.24, 2.45) is 0 Å². The van der Waals surface area contributed by atoms with Crippen molar-refractivity contribution in [1.82, 2.24) is 10.2 Å². The highest BCUT2D eigenvalue weighted by Crippen LogP contribution is 2.29. The van der Waals surface area contributed by atoms with E-state index in [1.165, 1.54) is 11.3 Å². The van der Waals surface area contributed by atoms with E-state index < -0.39 is 0 Å². The van der Waals surface area contributed by atoms with Gasteiger partial charge in [0, 0.05) is 5.56 Å². The van der Waals surface area contributed by atoms with E-state index in [-0.39, 0.29) is 6.10 Å². The number of nitrogens with zero attached hydrogens (tertiary/aromatic N) is 2. The third-order valence-corrected chi connectivity index (χ3v) is 3.03. The molecule has 2 N–H and O–H groups in total. The lowest BCUT2D eigenvalue weighted by molar-refractivity contribution is 0.241. The molecule has 1 heterocycles. The summed E-state index contributed by atoms with van der Waals surface area (Å²) in [6.45, 7) is 6.04. The van der Waals surface area contributed by atoms with Crippen molar-refractivity contribution < 1.29 is 4.74 Å². The predicted octanol–water partition coefficient (Wildman–Crippen LogP) is 2.88. The molecule has 0 unspecified atom stereocenters. The largest absolute Gasteiger partial charge is 0.491 e. The lowest BCUT2D eigenvalue weighted by Gasteiger charge is -2.12. The highest BCUT2D eigenvalue weighted by molar-refractivity contribution is 7.18. The summed E-state index contributed by atoms with van der Waals surface area (Å²) in [6, 6.07) is 5.98. The number of benzene rings is 1. The molecule has 90 valence electrons. The van der Waals surface area contributed by atoms with E-state index in [0.717, 1.165) is 21.9 Å². The Morgan fingerprint density at radius 1 is 1.29 bits per heavy atom. The van der Waals surface area contributed by atoms with E-state index in [9.17, 15) is 0 Å². The van der Waals surface area contributed by atoms with Crippen molar-refractivity contribution in [3.8, 4) is 16.3 Å². The molecule has 4 nitrogen and oxygen atoms in total. The van der Waals surface area contributed by atoms with Crippen LogP contribution in [-0.2, 0) is 0 Å². The molecule has 0 aliphatic rings. The number of rotatable bonds is 3. The van der Waals surface area contributed by atoms with E-state index in [4.69, 9.17) is 10.5 Å². The summed E-state index contributed by atoms with van der Waals surface area (Å²) in [6.07, 6.45) is 0.178. The maximum absolute atomic E-state index is 5.68. The first-order valence-corrected chi connectivity index (χ1v) is 6.24. The maximum atomic E-state index is 5.68. The third kappa shape index (κ3) is 2.74. The molecule has 1 aromatic heterocycles. The summed E-state index contributed by atoms with van der Waals surface area (Å²) in [5.41, 5.74) is 7.68. The summed E-state index contributed by atoms with van der Waals surface area (Å²) in [7, 11) is 0. The standard InChI is InChI=1S/C12H15N3OS/c1-7(2)16-10-5-4-9(6-8(10)3)11-14-15-12(13)17-11/h4-7H,1-3H3,(H2,13,15). The lowest BCUT2D eigenvalue weighted by atomic mass is 10.1. The normalized spacial score (nSPS) is 10.8. The first kappa shape index (κ1) is 11.9. The molecule has 17 heavy (non-hydrogen) atoms. The Balaban J connectivity index is 2.30. The lowest BCUT2D eigenvalue weighted by Crippen LogP contribution is -2.06. The molecule has 0 saturated heterocycles. The van der Waals surface area contributed by atoms with Gasteiger partial charge in [-0.1, -0.05) is 11.3 Å². The summed E-state index contributed by atoms with van der Waals surface area (Å²) >= 11 is 1.38. The number of aromatic nitrogens is 2. The minimum atomic E-state index is 0.178. The number of ether oxygens (including phenoxy) is 1. The summed E-state index contributed by atoms with van der Waals surface area (Å²) < 4.78 is 5.68. The van der Waals surface area contributed by atoms with Crippen LogP contribution in [0.4, 0.5) is 5.13 Å². The molecule has 0 aliphatic carbocycles. The summed E-state index contributed by atoms with van der Waals surface area (Å²) in [5.74, 6) is 0.904. The van der Waals surface area contributed by atoms with Gasteiger partial charge in [-0.3, -0.25) is 0 Å². The Hall–Kier alpha value is -1.62. The first-order chi connectivity index (χ1) is 8.06. The van der Waals surface area contributed by atoms with Crippen LogP contribution in [0.2, 0.25) is 0 Å². The molecule has 0 amide bonds. The third-order valence-electron chi connectivity index (χ3n) is 2.23. The number of hydrogen-bond donors (Lipinski definition) is 1. The Morgan fingerprint density at radius 3 is 2.59 bits per heavy atom. The molecule has 0 bridgehead atoms. The van der Waals surface area contributed by atoms with Gasteiger partial charge in [0.1, 0.15) is 10.8 Å². The monoisotopic (exact) mass is 249 g/mol. The van der Waals surface area contributed by atoms with Crippen molar-refractivity contribution in [2.75, 3.05) is 5.73 Å². The Kier molecular flexibility index (Phi) is 3.28. The van der Waals surface area contributed by atoms with Crippen LogP contribution in [0.15, 0.2) is 18.2 Å². The highest BCUT2D eigenvalue weighted by Gasteiger charge is 2.08. The minimum Gasteiger partial charge on any atom is -0.491 e. The SMILES string of the molecule is Cc1cc(-c2nnc(N)s2)ccc1OC(C)C. The van der Waals surface area contributed by atoms with E-state index in [0.29, 0.717) is 5.13 Å². The van der Waals surface area contributed by atoms with Crippen LogP contribution < -0.4 is 10.5 Å². The van der Waals surface area contributed by atoms with Crippen LogP contribution in [0.5, 0.6) is 5.75 Å². The Bertz CT molecular complexity index is 522. The fourth-order valence-electron chi connectivity index (χ4n) is 1.52. The van der Waals surface area contributed by atoms with Gasteiger partial charge in [-0.25, -0.2) is 0 Å². The van der Waals surface area contributed by atoms with Crippen LogP contribution in [0.25, 0.3) is 10.6 Å². The molecule has 0 saturated carbocycles. The summed E-state index contributed by atoms with van der Waals surface area (Å²) in [4.78, 5) is 0. The van der Waals surface area contributed by atoms with Gasteiger partial charge in [-0.2, -0.15) is 0 Å². The number of nitrogens with two attached hydrogens (primary N) is 1. The predicted molar refractivity (Wildman–Crippen MR) is 70.3 cm³/mol. The van der Waals surface area contributed by atoms with Crippen LogP contribution >= 0.6 is 11.3 Å². The van der Waals surface area contributed by atoms with Crippen LogP contribution in [-0.4, -0.2) is 16.3 Å². The zero-order valence-electron chi connectivity index (χ0n) is 10.1. The molecule has 0 radical (unpaired) electrons. The van der Waals surface area contributed by atoms with Crippen molar-refractivity contribution in [3.05, 3.63) is 23.8 Å². The molecule has 1 aromatic carbocycles. The van der Waals surface area contributed by atoms with Gasteiger partial charge in [-0.05, 0) is 44.5 Å². The average molecular weight is 249 g/mol. The number of hydrogen-bond acceptors (Lipinski definition) is 5. The molecule has 2 aromatic rings. The van der Waals surface area contributed by atoms with Gasteiger partial charge in [0.25, 0.3) is 0 Å². The number of anilines is 1. The highest BCUT2D eigenvalue weighted by atomic mass is 32.1. The second kappa shape index (κ2) is 4.71. The van der Waals surface area contributed by atoms with Gasteiger partial charge in [0.05, 0.1) is 6.10 Å². The summed E-state index contributed by atoms with van der Waals surface area (Å²) in [5, 5.41) is 9.15. The second-order valence-electron chi connectivity index (χ2n) is 4.09. The quantitative estimate of drug-likeness (QED) is 0.908. The molecular formula is C12H15N3OS. The van der Waals surface area contributed by atoms with Crippen molar-refractivity contribution in [2.45, 2.75) is 26.9 Å². The first-order valence-electron chi connectivity index (χ1n) is 5.43. The smallest absolute Gasteiger partial charge is 0.203 e. The maximum Gasteiger partial charge on any atom is 0.203 e. The van der Waals surface area contributed by atoms with Gasteiger partial charge in [0.2, 0.25) is 5.13 Å². The Labute approximate surface area is 104 Å². The Morgan fingerprint density at radius 2 is 2.06 bits per heavy atom. The van der Waals surface area contributed by atoms with E-state index in [1.54, 1.807) is 0 Å². The topological polar surface area (TPSA) is 61.0 Å². The molecule has 0 spiro atoms. The fraction of sp³-hybridized carbons (Fsp3) is 0.333. The van der Waals surface area contributed by atoms with E-state index >= 15 is 0 Å². The molecular weight excluding hydrogens is 234 g/mol. The van der Waals surface area contributed by atoms with Crippen LogP contribution in [0, 0.1) is 6.92 Å². The van der Waals surface area contributed by atoms with E-state index in [1.807, 2.05) is 39.0 Å². The van der Waals surface area contributed by atoms with Gasteiger partial charge in [-0.15, -0.1) is 10.2 Å². The molecule has 0 aliphatic heterocycles. The molecule has 5 heteroatoms. The average Bonchev–Trinajstić information content (AvgIpc) is 2.67. The van der Waals surface area contributed by atoms with Crippen LogP contribution in [0.3, 0.4) is 0 Å². The van der Waals surface area contributed by atoms with Crippen molar-refractivity contribution in [3.63, 3.8) is 0 Å². The second-order valence-corrected chi connectivity index (χ2v) is 5.10. The zero-order valence-corrected chi connectivity index (χ0v) is 10.9. The zero-order chi connectivity index (χ0) is 12.4. The molecule has 0 fully saturated rings. The van der Waals surface area contributed by atoms with E-state index in [2.05, 4.69) is 10.2 Å². The van der Waals surface area contributed by atoms with Crippen molar-refractivity contribution >= 4 is 16.5 Å². The van der Waals surface area contributed by atoms with Gasteiger partial charge >= 0.3 is 0 Å². The number of aryl methyl sites for hydroxylation is 1. The molecule has 0 atom stereocenters. The number of nitrogen functional groups attached to an aromatic ring is 1. The molecule has 2 rings (SSSR count). The minimum absolute atomic E-state index is 0.178.